The first-order chi connectivity index (χ1) is 14.3. The third-order valence-electron chi connectivity index (χ3n) is 5.71. The van der Waals surface area contributed by atoms with Crippen LogP contribution < -0.4 is 15.1 Å². The summed E-state index contributed by atoms with van der Waals surface area (Å²) in [7, 11) is 0. The van der Waals surface area contributed by atoms with Crippen molar-refractivity contribution >= 4 is 17.5 Å². The van der Waals surface area contributed by atoms with Gasteiger partial charge in [-0.2, -0.15) is 0 Å². The Morgan fingerprint density at radius 3 is 2.38 bits per heavy atom. The molecule has 1 N–H and O–H groups in total. The minimum atomic E-state index is 0.0988. The third kappa shape index (κ3) is 5.23. The lowest BCUT2D eigenvalue weighted by Gasteiger charge is -2.36. The maximum absolute atomic E-state index is 12.4. The van der Waals surface area contributed by atoms with Crippen molar-refractivity contribution in [2.24, 2.45) is 0 Å². The number of nitrogens with zero attached hydrogens (tertiary/aromatic N) is 5. The average Bonchev–Trinajstić information content (AvgIpc) is 2.79. The number of hydrogen-bond donors (Lipinski definition) is 1. The molecule has 29 heavy (non-hydrogen) atoms. The predicted octanol–water partition coefficient (Wildman–Crippen LogP) is 1.91. The van der Waals surface area contributed by atoms with Gasteiger partial charge in [0.25, 0.3) is 0 Å². The van der Waals surface area contributed by atoms with E-state index >= 15 is 0 Å². The molecule has 0 aliphatic carbocycles. The van der Waals surface area contributed by atoms with Crippen LogP contribution >= 0.6 is 0 Å². The van der Waals surface area contributed by atoms with E-state index < -0.39 is 0 Å². The number of likely N-dealkylation sites (tertiary alicyclic amines) is 1. The van der Waals surface area contributed by atoms with Crippen molar-refractivity contribution in [2.45, 2.75) is 25.8 Å². The third-order valence-corrected chi connectivity index (χ3v) is 5.71. The number of aromatic nitrogens is 2. The zero-order valence-corrected chi connectivity index (χ0v) is 17.0. The summed E-state index contributed by atoms with van der Waals surface area (Å²) in [6.07, 6.45) is 7.35. The predicted molar refractivity (Wildman–Crippen MR) is 115 cm³/mol. The van der Waals surface area contributed by atoms with Gasteiger partial charge in [0.1, 0.15) is 11.6 Å². The standard InChI is InChI=1S/C22H30N6O/c29-21(18-26-11-4-1-5-12-26)25-17-19-7-6-10-24-22(19)28-15-13-27(14-16-28)20-8-2-3-9-23-20/h2-3,6-10H,1,4-5,11-18H2,(H,25,29). The Morgan fingerprint density at radius 2 is 1.62 bits per heavy atom. The molecule has 7 heteroatoms. The van der Waals surface area contributed by atoms with Crippen LogP contribution in [0.15, 0.2) is 42.7 Å². The van der Waals surface area contributed by atoms with Crippen molar-refractivity contribution in [1.82, 2.24) is 20.2 Å². The monoisotopic (exact) mass is 394 g/mol. The van der Waals surface area contributed by atoms with Gasteiger partial charge < -0.3 is 15.1 Å². The van der Waals surface area contributed by atoms with E-state index in [0.29, 0.717) is 13.1 Å². The Labute approximate surface area is 172 Å². The van der Waals surface area contributed by atoms with E-state index in [-0.39, 0.29) is 5.91 Å². The smallest absolute Gasteiger partial charge is 0.234 e. The Balaban J connectivity index is 1.32. The zero-order chi connectivity index (χ0) is 19.9. The van der Waals surface area contributed by atoms with Crippen LogP contribution in [0, 0.1) is 0 Å². The van der Waals surface area contributed by atoms with Crippen molar-refractivity contribution in [3.05, 3.63) is 48.3 Å². The summed E-state index contributed by atoms with van der Waals surface area (Å²) in [6, 6.07) is 10.0. The SMILES string of the molecule is O=C(CN1CCCCC1)NCc1cccnc1N1CCN(c2ccccn2)CC1. The Kier molecular flexibility index (Phi) is 6.56. The highest BCUT2D eigenvalue weighted by Gasteiger charge is 2.21. The normalized spacial score (nSPS) is 17.9. The molecule has 0 bridgehead atoms. The highest BCUT2D eigenvalue weighted by atomic mass is 16.2. The van der Waals surface area contributed by atoms with Crippen LogP contribution in [0.1, 0.15) is 24.8 Å². The highest BCUT2D eigenvalue weighted by molar-refractivity contribution is 5.78. The first kappa shape index (κ1) is 19.6. The molecule has 2 fully saturated rings. The number of amides is 1. The number of anilines is 2. The summed E-state index contributed by atoms with van der Waals surface area (Å²) in [6.45, 7) is 6.69. The van der Waals surface area contributed by atoms with E-state index in [4.69, 9.17) is 0 Å². The maximum Gasteiger partial charge on any atom is 0.234 e. The summed E-state index contributed by atoms with van der Waals surface area (Å²) in [5, 5.41) is 3.09. The van der Waals surface area contributed by atoms with Gasteiger partial charge in [0.2, 0.25) is 5.91 Å². The van der Waals surface area contributed by atoms with E-state index in [2.05, 4.69) is 42.1 Å². The summed E-state index contributed by atoms with van der Waals surface area (Å²) in [4.78, 5) is 28.3. The quantitative estimate of drug-likeness (QED) is 0.807. The Hall–Kier alpha value is -2.67. The van der Waals surface area contributed by atoms with Gasteiger partial charge in [-0.15, -0.1) is 0 Å². The summed E-state index contributed by atoms with van der Waals surface area (Å²) >= 11 is 0. The molecule has 0 radical (unpaired) electrons. The summed E-state index contributed by atoms with van der Waals surface area (Å²) < 4.78 is 0. The van der Waals surface area contributed by atoms with Crippen LogP contribution in [-0.2, 0) is 11.3 Å². The molecule has 0 spiro atoms. The van der Waals surface area contributed by atoms with Crippen molar-refractivity contribution in [3.63, 3.8) is 0 Å². The number of nitrogens with one attached hydrogen (secondary N) is 1. The molecule has 0 aromatic carbocycles. The number of piperazine rings is 1. The van der Waals surface area contributed by atoms with Crippen LogP contribution in [0.25, 0.3) is 0 Å². The summed E-state index contributed by atoms with van der Waals surface area (Å²) in [5.41, 5.74) is 1.07. The van der Waals surface area contributed by atoms with E-state index in [9.17, 15) is 4.79 Å². The van der Waals surface area contributed by atoms with Crippen LogP contribution in [0.5, 0.6) is 0 Å². The fourth-order valence-electron chi connectivity index (χ4n) is 4.11. The highest BCUT2D eigenvalue weighted by Crippen LogP contribution is 2.21. The van der Waals surface area contributed by atoms with Crippen molar-refractivity contribution in [1.29, 1.82) is 0 Å². The van der Waals surface area contributed by atoms with Crippen molar-refractivity contribution in [2.75, 3.05) is 55.6 Å². The zero-order valence-electron chi connectivity index (χ0n) is 17.0. The molecule has 4 heterocycles. The van der Waals surface area contributed by atoms with Crippen LogP contribution in [0.2, 0.25) is 0 Å². The van der Waals surface area contributed by atoms with Gasteiger partial charge in [0.15, 0.2) is 0 Å². The number of hydrogen-bond acceptors (Lipinski definition) is 6. The average molecular weight is 395 g/mol. The largest absolute Gasteiger partial charge is 0.353 e. The van der Waals surface area contributed by atoms with Gasteiger partial charge in [-0.1, -0.05) is 18.6 Å². The second-order valence-corrected chi connectivity index (χ2v) is 7.76. The second-order valence-electron chi connectivity index (χ2n) is 7.76. The number of carbonyl (C=O) groups excluding carboxylic acids is 1. The molecule has 0 saturated carbocycles. The maximum atomic E-state index is 12.4. The lowest BCUT2D eigenvalue weighted by molar-refractivity contribution is -0.122. The molecule has 2 aliphatic heterocycles. The Bertz CT molecular complexity index is 785. The first-order valence-corrected chi connectivity index (χ1v) is 10.6. The molecule has 154 valence electrons. The van der Waals surface area contributed by atoms with Crippen molar-refractivity contribution < 1.29 is 4.79 Å². The second kappa shape index (κ2) is 9.69. The molecular formula is C22H30N6O. The molecule has 0 unspecified atom stereocenters. The fraction of sp³-hybridized carbons (Fsp3) is 0.500. The molecule has 2 aromatic heterocycles. The number of piperidine rings is 1. The Morgan fingerprint density at radius 1 is 0.862 bits per heavy atom. The van der Waals surface area contributed by atoms with Gasteiger partial charge in [0, 0.05) is 50.7 Å². The molecule has 2 saturated heterocycles. The van der Waals surface area contributed by atoms with Crippen LogP contribution in [-0.4, -0.2) is 66.6 Å². The topological polar surface area (TPSA) is 64.6 Å². The lowest BCUT2D eigenvalue weighted by Crippen LogP contribution is -2.47. The van der Waals surface area contributed by atoms with Crippen LogP contribution in [0.3, 0.4) is 0 Å². The van der Waals surface area contributed by atoms with Gasteiger partial charge >= 0.3 is 0 Å². The van der Waals surface area contributed by atoms with E-state index in [1.54, 1.807) is 0 Å². The van der Waals surface area contributed by atoms with E-state index in [0.717, 1.165) is 56.5 Å². The van der Waals surface area contributed by atoms with Gasteiger partial charge in [-0.05, 0) is 44.1 Å². The van der Waals surface area contributed by atoms with Gasteiger partial charge in [-0.25, -0.2) is 9.97 Å². The lowest BCUT2D eigenvalue weighted by atomic mass is 10.1. The molecule has 2 aliphatic rings. The fourth-order valence-corrected chi connectivity index (χ4v) is 4.11. The molecule has 1 amide bonds. The first-order valence-electron chi connectivity index (χ1n) is 10.6. The summed E-state index contributed by atoms with van der Waals surface area (Å²) in [5.74, 6) is 2.10. The molecule has 7 nitrogen and oxygen atoms in total. The molecular weight excluding hydrogens is 364 g/mol. The molecule has 0 atom stereocenters. The van der Waals surface area contributed by atoms with Gasteiger partial charge in [-0.3, -0.25) is 9.69 Å². The molecule has 4 rings (SSSR count). The number of pyridine rings is 2. The van der Waals surface area contributed by atoms with E-state index in [1.165, 1.54) is 19.3 Å². The number of rotatable bonds is 6. The number of carbonyl (C=O) groups is 1. The van der Waals surface area contributed by atoms with Gasteiger partial charge in [0.05, 0.1) is 6.54 Å². The van der Waals surface area contributed by atoms with Crippen molar-refractivity contribution in [3.8, 4) is 0 Å². The van der Waals surface area contributed by atoms with Crippen LogP contribution in [0.4, 0.5) is 11.6 Å². The minimum Gasteiger partial charge on any atom is -0.353 e. The minimum absolute atomic E-state index is 0.0988. The molecule has 2 aromatic rings. The van der Waals surface area contributed by atoms with E-state index in [1.807, 2.05) is 30.6 Å².